The third-order valence-corrected chi connectivity index (χ3v) is 7.60. The number of amides is 1. The normalized spacial score (nSPS) is 25.6. The minimum absolute atomic E-state index is 0.157. The molecule has 0 saturated carbocycles. The summed E-state index contributed by atoms with van der Waals surface area (Å²) in [4.78, 5) is 43.6. The summed E-state index contributed by atoms with van der Waals surface area (Å²) in [5, 5.41) is 3.02. The lowest BCUT2D eigenvalue weighted by Crippen LogP contribution is -2.51. The fraction of sp³-hybridized carbons (Fsp3) is 0.207. The Hall–Kier alpha value is -4.19. The van der Waals surface area contributed by atoms with Gasteiger partial charge in [0.2, 0.25) is 5.91 Å². The first kappa shape index (κ1) is 21.4. The largest absolute Gasteiger partial charge is 0.497 e. The van der Waals surface area contributed by atoms with Gasteiger partial charge >= 0.3 is 0 Å². The molecular formula is C29H24N2O4. The molecule has 6 rings (SSSR count). The number of nitrogens with one attached hydrogen (secondary N) is 1. The fourth-order valence-electron chi connectivity index (χ4n) is 6.22. The Labute approximate surface area is 203 Å². The maximum absolute atomic E-state index is 14.2. The molecule has 1 N–H and O–H groups in total. The van der Waals surface area contributed by atoms with E-state index in [2.05, 4.69) is 5.32 Å². The molecule has 6 heteroatoms. The molecule has 1 amide bonds. The number of hydrogen-bond acceptors (Lipinski definition) is 5. The van der Waals surface area contributed by atoms with Crippen molar-refractivity contribution in [1.82, 2.24) is 0 Å². The van der Waals surface area contributed by atoms with Gasteiger partial charge in [0.1, 0.15) is 11.2 Å². The molecule has 1 fully saturated rings. The summed E-state index contributed by atoms with van der Waals surface area (Å²) in [6.45, 7) is 1.51. The second kappa shape index (κ2) is 7.67. The van der Waals surface area contributed by atoms with Crippen LogP contribution >= 0.6 is 0 Å². The lowest BCUT2D eigenvalue weighted by atomic mass is 9.64. The number of fused-ring (bicyclic) bond motifs is 6. The van der Waals surface area contributed by atoms with Gasteiger partial charge in [0.15, 0.2) is 11.6 Å². The Kier molecular flexibility index (Phi) is 4.68. The van der Waals surface area contributed by atoms with Crippen LogP contribution in [-0.4, -0.2) is 36.7 Å². The predicted octanol–water partition coefficient (Wildman–Crippen LogP) is 4.26. The first-order chi connectivity index (χ1) is 17.0. The summed E-state index contributed by atoms with van der Waals surface area (Å²) >= 11 is 0. The highest BCUT2D eigenvalue weighted by molar-refractivity contribution is 6.16. The first-order valence-electron chi connectivity index (χ1n) is 11.6. The van der Waals surface area contributed by atoms with E-state index in [1.807, 2.05) is 65.6 Å². The monoisotopic (exact) mass is 464 g/mol. The molecule has 0 aromatic heterocycles. The van der Waals surface area contributed by atoms with Crippen molar-refractivity contribution < 1.29 is 19.1 Å². The van der Waals surface area contributed by atoms with Crippen LogP contribution in [0.5, 0.6) is 5.75 Å². The maximum atomic E-state index is 14.2. The number of nitrogens with zero attached hydrogens (tertiary/aromatic N) is 1. The van der Waals surface area contributed by atoms with Gasteiger partial charge in [-0.05, 0) is 36.8 Å². The quantitative estimate of drug-likeness (QED) is 0.584. The minimum Gasteiger partial charge on any atom is -0.497 e. The van der Waals surface area contributed by atoms with Gasteiger partial charge in [0, 0.05) is 22.5 Å². The van der Waals surface area contributed by atoms with Crippen molar-refractivity contribution in [2.75, 3.05) is 17.3 Å². The van der Waals surface area contributed by atoms with E-state index in [0.29, 0.717) is 17.0 Å². The van der Waals surface area contributed by atoms with Crippen LogP contribution in [0.4, 0.5) is 11.4 Å². The summed E-state index contributed by atoms with van der Waals surface area (Å²) < 4.78 is 5.40. The van der Waals surface area contributed by atoms with Crippen LogP contribution in [0.1, 0.15) is 28.4 Å². The number of rotatable bonds is 4. The van der Waals surface area contributed by atoms with E-state index >= 15 is 0 Å². The fourth-order valence-corrected chi connectivity index (χ4v) is 6.22. The maximum Gasteiger partial charge on any atom is 0.238 e. The number of hydrogen-bond donors (Lipinski definition) is 1. The highest BCUT2D eigenvalue weighted by atomic mass is 16.5. The summed E-state index contributed by atoms with van der Waals surface area (Å²) in [7, 11) is 1.61. The first-order valence-corrected chi connectivity index (χ1v) is 11.6. The van der Waals surface area contributed by atoms with Crippen LogP contribution in [-0.2, 0) is 15.0 Å². The Morgan fingerprint density at radius 1 is 1.00 bits per heavy atom. The standard InChI is InChI=1S/C29H24N2O4/c1-17(32)26-25(27(33)18-8-4-3-5-9-18)29(21-10-6-7-11-22(21)30-28(29)34)24-15-12-19-16-20(35-2)13-14-23(19)31(24)26/h3-16,24-26H,1-2H3,(H,30,34)/t24-,25+,26-,29-/m1/s1. The van der Waals surface area contributed by atoms with Crippen LogP contribution in [0.25, 0.3) is 6.08 Å². The number of carbonyl (C=O) groups is 3. The van der Waals surface area contributed by atoms with Crippen LogP contribution < -0.4 is 15.0 Å². The highest BCUT2D eigenvalue weighted by Gasteiger charge is 2.69. The summed E-state index contributed by atoms with van der Waals surface area (Å²) in [5.41, 5.74) is 2.34. The van der Waals surface area contributed by atoms with Crippen LogP contribution in [0.15, 0.2) is 78.9 Å². The number of benzene rings is 3. The van der Waals surface area contributed by atoms with Gasteiger partial charge in [-0.3, -0.25) is 14.4 Å². The molecule has 1 saturated heterocycles. The van der Waals surface area contributed by atoms with Crippen molar-refractivity contribution in [1.29, 1.82) is 0 Å². The van der Waals surface area contributed by atoms with Crippen LogP contribution in [0.3, 0.4) is 0 Å². The van der Waals surface area contributed by atoms with Crippen molar-refractivity contribution in [2.24, 2.45) is 5.92 Å². The molecule has 0 aliphatic carbocycles. The van der Waals surface area contributed by atoms with E-state index in [4.69, 9.17) is 4.74 Å². The van der Waals surface area contributed by atoms with E-state index in [1.165, 1.54) is 6.92 Å². The molecule has 4 atom stereocenters. The minimum atomic E-state index is -1.26. The van der Waals surface area contributed by atoms with E-state index in [9.17, 15) is 14.4 Å². The van der Waals surface area contributed by atoms with Gasteiger partial charge in [-0.2, -0.15) is 0 Å². The van der Waals surface area contributed by atoms with Gasteiger partial charge in [-0.1, -0.05) is 60.7 Å². The van der Waals surface area contributed by atoms with Crippen molar-refractivity contribution in [2.45, 2.75) is 24.4 Å². The number of para-hydroxylation sites is 1. The van der Waals surface area contributed by atoms with Crippen LogP contribution in [0, 0.1) is 5.92 Å². The lowest BCUT2D eigenvalue weighted by Gasteiger charge is -2.37. The summed E-state index contributed by atoms with van der Waals surface area (Å²) in [6.07, 6.45) is 3.92. The number of methoxy groups -OCH3 is 1. The van der Waals surface area contributed by atoms with Crippen molar-refractivity contribution in [3.8, 4) is 5.75 Å². The van der Waals surface area contributed by atoms with Gasteiger partial charge in [-0.25, -0.2) is 0 Å². The van der Waals surface area contributed by atoms with Crippen molar-refractivity contribution >= 4 is 34.9 Å². The highest BCUT2D eigenvalue weighted by Crippen LogP contribution is 2.57. The van der Waals surface area contributed by atoms with Crippen molar-refractivity contribution in [3.05, 3.63) is 95.6 Å². The summed E-state index contributed by atoms with van der Waals surface area (Å²) in [6, 6.07) is 20.7. The van der Waals surface area contributed by atoms with Crippen molar-refractivity contribution in [3.63, 3.8) is 0 Å². The second-order valence-corrected chi connectivity index (χ2v) is 9.27. The Balaban J connectivity index is 1.65. The molecule has 3 aliphatic heterocycles. The summed E-state index contributed by atoms with van der Waals surface area (Å²) in [5.74, 6) is -0.839. The van der Waals surface area contributed by atoms with E-state index < -0.39 is 23.4 Å². The molecule has 0 radical (unpaired) electrons. The van der Waals surface area contributed by atoms with Gasteiger partial charge in [-0.15, -0.1) is 0 Å². The zero-order chi connectivity index (χ0) is 24.3. The topological polar surface area (TPSA) is 75.7 Å². The van der Waals surface area contributed by atoms with E-state index in [0.717, 1.165) is 16.8 Å². The average Bonchev–Trinajstić information content (AvgIpc) is 3.36. The molecule has 3 aromatic carbocycles. The molecule has 3 aromatic rings. The van der Waals surface area contributed by atoms with Gasteiger partial charge in [0.25, 0.3) is 0 Å². The average molecular weight is 465 g/mol. The Morgan fingerprint density at radius 3 is 2.49 bits per heavy atom. The molecule has 174 valence electrons. The zero-order valence-corrected chi connectivity index (χ0v) is 19.4. The molecule has 0 unspecified atom stereocenters. The van der Waals surface area contributed by atoms with Gasteiger partial charge < -0.3 is 15.0 Å². The van der Waals surface area contributed by atoms with E-state index in [1.54, 1.807) is 31.4 Å². The zero-order valence-electron chi connectivity index (χ0n) is 19.4. The lowest BCUT2D eigenvalue weighted by molar-refractivity contribution is -0.122. The second-order valence-electron chi connectivity index (χ2n) is 9.27. The molecule has 0 bridgehead atoms. The number of anilines is 2. The third-order valence-electron chi connectivity index (χ3n) is 7.60. The SMILES string of the molecule is COc1ccc2c(c1)C=C[C@H]1N2[C@H](C(C)=O)[C@@H](C(=O)c2ccccc2)[C@]12C(=O)Nc1ccccc12. The number of Topliss-reactive ketones (excluding diaryl/α,β-unsaturated/α-hetero) is 2. The Bertz CT molecular complexity index is 1410. The van der Waals surface area contributed by atoms with Crippen LogP contribution in [0.2, 0.25) is 0 Å². The number of carbonyl (C=O) groups excluding carboxylic acids is 3. The molecule has 3 aliphatic rings. The molecule has 3 heterocycles. The molecular weight excluding hydrogens is 440 g/mol. The molecule has 1 spiro atoms. The molecule has 6 nitrogen and oxygen atoms in total. The Morgan fingerprint density at radius 2 is 1.74 bits per heavy atom. The smallest absolute Gasteiger partial charge is 0.238 e. The predicted molar refractivity (Wildman–Crippen MR) is 134 cm³/mol. The van der Waals surface area contributed by atoms with E-state index in [-0.39, 0.29) is 17.5 Å². The number of ether oxygens (including phenoxy) is 1. The number of ketones is 2. The van der Waals surface area contributed by atoms with Gasteiger partial charge in [0.05, 0.1) is 25.1 Å². The molecule has 35 heavy (non-hydrogen) atoms. The third kappa shape index (κ3) is 2.80.